The fourth-order valence-corrected chi connectivity index (χ4v) is 10.9. The Bertz CT molecular complexity index is 1510. The van der Waals surface area contributed by atoms with Gasteiger partial charge < -0.3 is 40.3 Å². The minimum Gasteiger partial charge on any atom is -0.394 e. The molecule has 0 spiro atoms. The van der Waals surface area contributed by atoms with E-state index in [1.54, 1.807) is 6.08 Å². The summed E-state index contributed by atoms with van der Waals surface area (Å²) in [6.07, 6.45) is 78.6. The van der Waals surface area contributed by atoms with Gasteiger partial charge in [-0.2, -0.15) is 0 Å². The Hall–Kier alpha value is -2.37. The zero-order valence-corrected chi connectivity index (χ0v) is 52.8. The molecule has 1 aliphatic heterocycles. The van der Waals surface area contributed by atoms with Gasteiger partial charge in [-0.05, 0) is 64.2 Å². The highest BCUT2D eigenvalue weighted by Crippen LogP contribution is 2.23. The summed E-state index contributed by atoms with van der Waals surface area (Å²) in [6.45, 7) is 3.70. The van der Waals surface area contributed by atoms with Gasteiger partial charge in [0.05, 0.1) is 25.4 Å². The summed E-state index contributed by atoms with van der Waals surface area (Å²) in [6, 6.07) is -0.811. The van der Waals surface area contributed by atoms with E-state index in [4.69, 9.17) is 9.47 Å². The maximum atomic E-state index is 13.1. The van der Waals surface area contributed by atoms with Crippen LogP contribution in [-0.2, 0) is 14.3 Å². The normalized spacial score (nSPS) is 18.8. The molecule has 0 aromatic carbocycles. The highest BCUT2D eigenvalue weighted by Gasteiger charge is 2.44. The maximum absolute atomic E-state index is 13.1. The molecular weight excluding hydrogens is 1010 g/mol. The molecule has 9 nitrogen and oxygen atoms in total. The molecule has 0 radical (unpaired) electrons. The van der Waals surface area contributed by atoms with Crippen LogP contribution >= 0.6 is 0 Å². The molecule has 0 aromatic rings. The second-order valence-electron chi connectivity index (χ2n) is 23.9. The first-order chi connectivity index (χ1) is 39.8. The Morgan fingerprint density at radius 1 is 0.432 bits per heavy atom. The van der Waals surface area contributed by atoms with Crippen molar-refractivity contribution in [2.45, 2.75) is 365 Å². The number of unbranched alkanes of at least 4 members (excludes halogenated alkanes) is 40. The molecule has 1 rings (SSSR count). The van der Waals surface area contributed by atoms with E-state index in [0.717, 1.165) is 70.6 Å². The Kier molecular flexibility index (Phi) is 57.5. The predicted octanol–water partition coefficient (Wildman–Crippen LogP) is 18.8. The molecule has 0 bridgehead atoms. The molecule has 6 N–H and O–H groups in total. The number of aliphatic hydroxyl groups is 5. The second-order valence-corrected chi connectivity index (χ2v) is 23.9. The zero-order chi connectivity index (χ0) is 58.6. The third-order valence-corrected chi connectivity index (χ3v) is 16.3. The molecule has 1 amide bonds. The lowest BCUT2D eigenvalue weighted by atomic mass is 9.99. The van der Waals surface area contributed by atoms with Crippen molar-refractivity contribution in [2.75, 3.05) is 13.2 Å². The molecule has 81 heavy (non-hydrogen) atoms. The lowest BCUT2D eigenvalue weighted by Gasteiger charge is -2.40. The van der Waals surface area contributed by atoms with Gasteiger partial charge in [-0.1, -0.05) is 324 Å². The molecule has 0 aliphatic carbocycles. The summed E-state index contributed by atoms with van der Waals surface area (Å²) >= 11 is 0. The lowest BCUT2D eigenvalue weighted by molar-refractivity contribution is -0.302. The van der Waals surface area contributed by atoms with Crippen LogP contribution in [0.5, 0.6) is 0 Å². The van der Waals surface area contributed by atoms with Crippen LogP contribution in [0.3, 0.4) is 0 Å². The first-order valence-corrected chi connectivity index (χ1v) is 34.7. The van der Waals surface area contributed by atoms with Crippen molar-refractivity contribution in [3.05, 3.63) is 72.9 Å². The monoisotopic (exact) mass is 1140 g/mol. The van der Waals surface area contributed by atoms with E-state index in [1.807, 2.05) is 6.08 Å². The number of carbonyl (C=O) groups excluding carboxylic acids is 1. The van der Waals surface area contributed by atoms with Gasteiger partial charge in [0.2, 0.25) is 5.91 Å². The Morgan fingerprint density at radius 3 is 1.14 bits per heavy atom. The highest BCUT2D eigenvalue weighted by molar-refractivity contribution is 5.76. The van der Waals surface area contributed by atoms with Crippen LogP contribution in [0.25, 0.3) is 0 Å². The maximum Gasteiger partial charge on any atom is 0.220 e. The lowest BCUT2D eigenvalue weighted by Crippen LogP contribution is -2.60. The highest BCUT2D eigenvalue weighted by atomic mass is 16.7. The SMILES string of the molecule is CC/C=C\C/C=C\C/C=C\C/C=C\C/C=C\CCCCCCCCCCCCCCCC(=O)NC(COC1OC(CO)C(O)C(O)C1O)C(O)/C=C/CCCCCCCCCCCCCCCCCCCCCCCCCCCCC. The van der Waals surface area contributed by atoms with Crippen LogP contribution in [0, 0.1) is 0 Å². The minimum absolute atomic E-state index is 0.176. The van der Waals surface area contributed by atoms with E-state index in [0.29, 0.717) is 6.42 Å². The van der Waals surface area contributed by atoms with Gasteiger partial charge in [0.25, 0.3) is 0 Å². The number of aliphatic hydroxyl groups excluding tert-OH is 5. The molecule has 9 heteroatoms. The van der Waals surface area contributed by atoms with Crippen molar-refractivity contribution in [3.8, 4) is 0 Å². The number of nitrogens with one attached hydrogen (secondary N) is 1. The van der Waals surface area contributed by atoms with Crippen molar-refractivity contribution >= 4 is 5.91 Å². The van der Waals surface area contributed by atoms with E-state index in [9.17, 15) is 30.3 Å². The summed E-state index contributed by atoms with van der Waals surface area (Å²) in [4.78, 5) is 13.1. The van der Waals surface area contributed by atoms with Crippen LogP contribution in [0.4, 0.5) is 0 Å². The number of carbonyl (C=O) groups is 1. The van der Waals surface area contributed by atoms with Gasteiger partial charge in [0.1, 0.15) is 24.4 Å². The molecule has 7 atom stereocenters. The van der Waals surface area contributed by atoms with Gasteiger partial charge in [0.15, 0.2) is 6.29 Å². The third kappa shape index (κ3) is 49.6. The van der Waals surface area contributed by atoms with E-state index < -0.39 is 49.5 Å². The Labute approximate surface area is 499 Å². The molecule has 1 fully saturated rings. The quantitative estimate of drug-likeness (QED) is 0.0261. The zero-order valence-electron chi connectivity index (χ0n) is 52.8. The van der Waals surface area contributed by atoms with E-state index in [2.05, 4.69) is 79.9 Å². The second kappa shape index (κ2) is 60.7. The Morgan fingerprint density at radius 2 is 0.765 bits per heavy atom. The average molecular weight is 1140 g/mol. The fraction of sp³-hybridized carbons (Fsp3) is 0.819. The molecular formula is C72H131NO8. The molecule has 7 unspecified atom stereocenters. The van der Waals surface area contributed by atoms with Gasteiger partial charge in [-0.15, -0.1) is 0 Å². The summed E-state index contributed by atoms with van der Waals surface area (Å²) in [5, 5.41) is 54.8. The van der Waals surface area contributed by atoms with Gasteiger partial charge in [0, 0.05) is 6.42 Å². The summed E-state index contributed by atoms with van der Waals surface area (Å²) < 4.78 is 11.3. The van der Waals surface area contributed by atoms with Gasteiger partial charge in [-0.3, -0.25) is 4.79 Å². The van der Waals surface area contributed by atoms with Crippen LogP contribution in [0.1, 0.15) is 322 Å². The minimum atomic E-state index is -1.57. The number of ether oxygens (including phenoxy) is 2. The van der Waals surface area contributed by atoms with Crippen molar-refractivity contribution in [1.29, 1.82) is 0 Å². The van der Waals surface area contributed by atoms with Crippen LogP contribution in [-0.4, -0.2) is 87.5 Å². The fourth-order valence-electron chi connectivity index (χ4n) is 10.9. The number of allylic oxidation sites excluding steroid dienone is 11. The van der Waals surface area contributed by atoms with Crippen LogP contribution < -0.4 is 5.32 Å². The van der Waals surface area contributed by atoms with Crippen LogP contribution in [0.2, 0.25) is 0 Å². The van der Waals surface area contributed by atoms with E-state index >= 15 is 0 Å². The van der Waals surface area contributed by atoms with Crippen molar-refractivity contribution in [3.63, 3.8) is 0 Å². The molecule has 1 aliphatic rings. The first-order valence-electron chi connectivity index (χ1n) is 34.7. The molecule has 1 saturated heterocycles. The summed E-state index contributed by atoms with van der Waals surface area (Å²) in [7, 11) is 0. The topological polar surface area (TPSA) is 149 Å². The van der Waals surface area contributed by atoms with E-state index in [1.165, 1.54) is 231 Å². The van der Waals surface area contributed by atoms with Crippen molar-refractivity contribution in [1.82, 2.24) is 5.32 Å². The Balaban J connectivity index is 2.15. The molecule has 472 valence electrons. The van der Waals surface area contributed by atoms with Gasteiger partial charge >= 0.3 is 0 Å². The molecule has 0 aromatic heterocycles. The molecule has 0 saturated carbocycles. The van der Waals surface area contributed by atoms with Gasteiger partial charge in [-0.25, -0.2) is 0 Å². The number of hydrogen-bond donors (Lipinski definition) is 6. The largest absolute Gasteiger partial charge is 0.394 e. The number of hydrogen-bond acceptors (Lipinski definition) is 8. The van der Waals surface area contributed by atoms with E-state index in [-0.39, 0.29) is 12.5 Å². The predicted molar refractivity (Wildman–Crippen MR) is 345 cm³/mol. The first kappa shape index (κ1) is 76.6. The summed E-state index contributed by atoms with van der Waals surface area (Å²) in [5.74, 6) is -0.176. The smallest absolute Gasteiger partial charge is 0.220 e. The molecule has 1 heterocycles. The third-order valence-electron chi connectivity index (χ3n) is 16.3. The van der Waals surface area contributed by atoms with Crippen molar-refractivity contribution in [2.24, 2.45) is 0 Å². The van der Waals surface area contributed by atoms with Crippen LogP contribution in [0.15, 0.2) is 72.9 Å². The van der Waals surface area contributed by atoms with Crippen molar-refractivity contribution < 1.29 is 39.8 Å². The summed E-state index contributed by atoms with van der Waals surface area (Å²) in [5.41, 5.74) is 0. The standard InChI is InChI=1S/C72H131NO8/c1-3-5-7-9-11-13-15-17-19-21-23-25-27-29-31-33-35-37-39-41-43-45-47-49-51-53-55-57-59-61-66(75)65(64-80-72-71(79)70(78)69(77)67(63-74)81-72)73-68(76)62-60-58-56-54-52-50-48-46-44-42-40-38-36-34-32-30-28-26-24-22-20-18-16-14-12-10-8-6-4-2/h6,8,12,14,18,20,24,26,30,32,59,61,65-67,69-72,74-75,77-79H,3-5,7,9-11,13,15-17,19,21-23,25,27-29,31,33-58,60,62-64H2,1-2H3,(H,73,76)/b8-6-,14-12-,20-18-,26-24-,32-30-,61-59+. The number of rotatable bonds is 60. The average Bonchev–Trinajstić information content (AvgIpc) is 3.51. The number of amides is 1.